The van der Waals surface area contributed by atoms with Gasteiger partial charge < -0.3 is 4.74 Å². The van der Waals surface area contributed by atoms with Crippen molar-refractivity contribution in [3.63, 3.8) is 0 Å². The van der Waals surface area contributed by atoms with Crippen molar-refractivity contribution in [2.75, 3.05) is 6.61 Å². The van der Waals surface area contributed by atoms with Gasteiger partial charge in [-0.2, -0.15) is 0 Å². The van der Waals surface area contributed by atoms with E-state index in [1.54, 1.807) is 27.7 Å². The minimum atomic E-state index is 0.0227. The number of thioether (sulfide) groups is 1. The Morgan fingerprint density at radius 1 is 1.14 bits per heavy atom. The molecule has 0 aliphatic heterocycles. The van der Waals surface area contributed by atoms with Crippen molar-refractivity contribution in [3.8, 4) is 11.4 Å². The van der Waals surface area contributed by atoms with Crippen LogP contribution in [0, 0.1) is 11.3 Å². The average Bonchev–Trinajstić information content (AvgIpc) is 3.22. The molecule has 1 aliphatic carbocycles. The summed E-state index contributed by atoms with van der Waals surface area (Å²) in [6.07, 6.45) is 3.07. The zero-order valence-electron chi connectivity index (χ0n) is 21.1. The van der Waals surface area contributed by atoms with Gasteiger partial charge >= 0.3 is 0 Å². The van der Waals surface area contributed by atoms with E-state index < -0.39 is 0 Å². The monoisotopic (exact) mass is 538 g/mol. The first-order valence-corrected chi connectivity index (χ1v) is 14.6. The van der Waals surface area contributed by atoms with Crippen molar-refractivity contribution in [2.24, 2.45) is 11.3 Å². The van der Waals surface area contributed by atoms with E-state index >= 15 is 0 Å². The Hall–Kier alpha value is -2.28. The van der Waals surface area contributed by atoms with Gasteiger partial charge in [-0.25, -0.2) is 4.98 Å². The highest BCUT2D eigenvalue weighted by Gasteiger charge is 2.32. The number of benzene rings is 2. The van der Waals surface area contributed by atoms with E-state index in [1.807, 2.05) is 55.5 Å². The molecule has 0 saturated heterocycles. The molecule has 4 nitrogen and oxygen atoms in total. The van der Waals surface area contributed by atoms with Crippen LogP contribution in [0.15, 0.2) is 58.5 Å². The third-order valence-corrected chi connectivity index (χ3v) is 9.37. The predicted molar refractivity (Wildman–Crippen MR) is 152 cm³/mol. The van der Waals surface area contributed by atoms with Crippen LogP contribution in [0.1, 0.15) is 50.1 Å². The van der Waals surface area contributed by atoms with E-state index in [1.165, 1.54) is 10.4 Å². The summed E-state index contributed by atoms with van der Waals surface area (Å²) in [6.45, 7) is 9.52. The van der Waals surface area contributed by atoms with Crippen molar-refractivity contribution >= 4 is 44.9 Å². The maximum Gasteiger partial charge on any atom is 0.267 e. The number of nitrogens with zero attached hydrogens (tertiary/aromatic N) is 2. The topological polar surface area (TPSA) is 44.1 Å². The summed E-state index contributed by atoms with van der Waals surface area (Å²) in [5, 5.41) is 2.22. The van der Waals surface area contributed by atoms with E-state index in [9.17, 15) is 4.79 Å². The Bertz CT molecular complexity index is 1430. The first-order chi connectivity index (χ1) is 17.2. The molecule has 0 fully saturated rings. The van der Waals surface area contributed by atoms with Crippen LogP contribution in [0.2, 0.25) is 5.02 Å². The molecular formula is C29H31ClN2O2S2. The molecule has 0 amide bonds. The number of thiophene rings is 1. The van der Waals surface area contributed by atoms with Crippen molar-refractivity contribution in [2.45, 2.75) is 57.9 Å². The van der Waals surface area contributed by atoms with Crippen LogP contribution in [0.3, 0.4) is 0 Å². The first-order valence-electron chi connectivity index (χ1n) is 12.4. The van der Waals surface area contributed by atoms with Crippen molar-refractivity contribution < 1.29 is 4.74 Å². The normalized spacial score (nSPS) is 15.8. The lowest BCUT2D eigenvalue weighted by atomic mass is 9.72. The molecule has 7 heteroatoms. The van der Waals surface area contributed by atoms with Gasteiger partial charge in [0.1, 0.15) is 10.6 Å². The smallest absolute Gasteiger partial charge is 0.267 e. The molecular weight excluding hydrogens is 508 g/mol. The quantitative estimate of drug-likeness (QED) is 0.184. The molecule has 0 radical (unpaired) electrons. The van der Waals surface area contributed by atoms with Crippen LogP contribution in [-0.4, -0.2) is 16.2 Å². The van der Waals surface area contributed by atoms with Crippen LogP contribution < -0.4 is 10.3 Å². The molecule has 2 heterocycles. The molecule has 36 heavy (non-hydrogen) atoms. The number of fused-ring (bicyclic) bond motifs is 3. The summed E-state index contributed by atoms with van der Waals surface area (Å²) in [4.78, 5) is 21.4. The Morgan fingerprint density at radius 3 is 2.53 bits per heavy atom. The first kappa shape index (κ1) is 25.4. The number of halogens is 1. The van der Waals surface area contributed by atoms with E-state index in [0.29, 0.717) is 28.5 Å². The Balaban J connectivity index is 1.60. The highest BCUT2D eigenvalue weighted by Crippen LogP contribution is 2.42. The maximum atomic E-state index is 14.1. The van der Waals surface area contributed by atoms with Crippen molar-refractivity contribution in [1.82, 2.24) is 9.55 Å². The van der Waals surface area contributed by atoms with Gasteiger partial charge in [0.05, 0.1) is 17.7 Å². The molecule has 0 spiro atoms. The van der Waals surface area contributed by atoms with Gasteiger partial charge in [-0.15, -0.1) is 11.3 Å². The van der Waals surface area contributed by atoms with Gasteiger partial charge in [0.15, 0.2) is 5.16 Å². The second-order valence-corrected chi connectivity index (χ2v) is 12.8. The number of hydrogen-bond donors (Lipinski definition) is 0. The zero-order valence-corrected chi connectivity index (χ0v) is 23.5. The van der Waals surface area contributed by atoms with E-state index in [4.69, 9.17) is 21.3 Å². The number of ether oxygens (including phenoxy) is 1. The lowest BCUT2D eigenvalue weighted by Crippen LogP contribution is -2.27. The zero-order chi connectivity index (χ0) is 25.4. The fraction of sp³-hybridized carbons (Fsp3) is 0.379. The van der Waals surface area contributed by atoms with Gasteiger partial charge in [0.25, 0.3) is 5.56 Å². The molecule has 1 unspecified atom stereocenters. The molecule has 0 saturated carbocycles. The van der Waals surface area contributed by atoms with Crippen molar-refractivity contribution in [3.05, 3.63) is 79.9 Å². The summed E-state index contributed by atoms with van der Waals surface area (Å²) in [6, 6.07) is 15.5. The molecule has 2 aromatic carbocycles. The number of hydrogen-bond acceptors (Lipinski definition) is 5. The van der Waals surface area contributed by atoms with Crippen LogP contribution in [0.5, 0.6) is 5.75 Å². The van der Waals surface area contributed by atoms with Crippen LogP contribution in [0.4, 0.5) is 0 Å². The fourth-order valence-electron chi connectivity index (χ4n) is 4.86. The van der Waals surface area contributed by atoms with Gasteiger partial charge in [0, 0.05) is 15.7 Å². The highest BCUT2D eigenvalue weighted by atomic mass is 35.5. The lowest BCUT2D eigenvalue weighted by molar-refractivity contribution is 0.218. The van der Waals surface area contributed by atoms with Crippen LogP contribution in [0.25, 0.3) is 15.9 Å². The third-order valence-electron chi connectivity index (χ3n) is 6.96. The molecule has 0 N–H and O–H groups in total. The second kappa shape index (κ2) is 10.2. The SMILES string of the molecule is CCOc1ccc(-n2c(SCc3ccc(Cl)cc3)nc3sc4c(c3c2=O)CCC(C(C)(C)C)C4)cc1. The van der Waals surface area contributed by atoms with E-state index in [2.05, 4.69) is 20.8 Å². The standard InChI is InChI=1S/C29H31ClN2O2S2/c1-5-34-22-13-11-21(12-14-22)32-27(33)25-23-15-8-19(29(2,3)4)16-24(23)36-26(25)31-28(32)35-17-18-6-9-20(30)10-7-18/h6-7,9-14,19H,5,8,15-17H2,1-4H3. The summed E-state index contributed by atoms with van der Waals surface area (Å²) in [5.41, 5.74) is 3.43. The lowest BCUT2D eigenvalue weighted by Gasteiger charge is -2.33. The average molecular weight is 539 g/mol. The Kier molecular flexibility index (Phi) is 7.21. The molecule has 4 aromatic rings. The molecule has 5 rings (SSSR count). The molecule has 1 aliphatic rings. The summed E-state index contributed by atoms with van der Waals surface area (Å²) in [7, 11) is 0. The number of aryl methyl sites for hydroxylation is 1. The fourth-order valence-corrected chi connectivity index (χ4v) is 7.29. The van der Waals surface area contributed by atoms with Gasteiger partial charge in [-0.1, -0.05) is 56.3 Å². The van der Waals surface area contributed by atoms with Gasteiger partial charge in [0.2, 0.25) is 0 Å². The van der Waals surface area contributed by atoms with E-state index in [-0.39, 0.29) is 11.0 Å². The summed E-state index contributed by atoms with van der Waals surface area (Å²) in [5.74, 6) is 2.11. The molecule has 0 bridgehead atoms. The second-order valence-electron chi connectivity index (χ2n) is 10.4. The van der Waals surface area contributed by atoms with Crippen LogP contribution in [-0.2, 0) is 18.6 Å². The third kappa shape index (κ3) is 5.09. The van der Waals surface area contributed by atoms with Crippen molar-refractivity contribution in [1.29, 1.82) is 0 Å². The highest BCUT2D eigenvalue weighted by molar-refractivity contribution is 7.98. The van der Waals surface area contributed by atoms with Gasteiger partial charge in [-0.3, -0.25) is 9.36 Å². The Morgan fingerprint density at radius 2 is 1.86 bits per heavy atom. The molecule has 188 valence electrons. The maximum absolute atomic E-state index is 14.1. The Labute approximate surface area is 225 Å². The summed E-state index contributed by atoms with van der Waals surface area (Å²) < 4.78 is 7.40. The summed E-state index contributed by atoms with van der Waals surface area (Å²) >= 11 is 9.36. The van der Waals surface area contributed by atoms with E-state index in [0.717, 1.165) is 46.5 Å². The predicted octanol–water partition coefficient (Wildman–Crippen LogP) is 7.94. The minimum Gasteiger partial charge on any atom is -0.494 e. The number of rotatable bonds is 6. The largest absolute Gasteiger partial charge is 0.494 e. The number of aromatic nitrogens is 2. The molecule has 1 atom stereocenters. The van der Waals surface area contributed by atoms with Crippen LogP contribution >= 0.6 is 34.7 Å². The minimum absolute atomic E-state index is 0.0227. The van der Waals surface area contributed by atoms with Gasteiger partial charge in [-0.05, 0) is 85.0 Å². The molecule has 2 aromatic heterocycles.